The zero-order valence-electron chi connectivity index (χ0n) is 15.0. The third-order valence-corrected chi connectivity index (χ3v) is 4.44. The molecule has 2 rings (SSSR count). The van der Waals surface area contributed by atoms with Gasteiger partial charge in [-0.1, -0.05) is 23.4 Å². The van der Waals surface area contributed by atoms with Crippen LogP contribution in [0.15, 0.2) is 17.3 Å². The first kappa shape index (κ1) is 23.3. The minimum atomic E-state index is -0.579. The number of primary amides is 1. The Labute approximate surface area is 172 Å². The number of nitrogens with two attached hydrogens (primary N) is 1. The molecule has 27 heavy (non-hydrogen) atoms. The highest BCUT2D eigenvalue weighted by molar-refractivity contribution is 7.99. The van der Waals surface area contributed by atoms with Crippen LogP contribution in [0.4, 0.5) is 0 Å². The van der Waals surface area contributed by atoms with Crippen molar-refractivity contribution in [3.05, 3.63) is 22.7 Å². The van der Waals surface area contributed by atoms with E-state index in [1.165, 1.54) is 0 Å². The average molecular weight is 437 g/mol. The van der Waals surface area contributed by atoms with Crippen molar-refractivity contribution in [1.82, 2.24) is 25.5 Å². The fraction of sp³-hybridized carbons (Fsp3) is 0.467. The Morgan fingerprint density at radius 2 is 2.19 bits per heavy atom. The van der Waals surface area contributed by atoms with Crippen molar-refractivity contribution in [2.75, 3.05) is 25.5 Å². The van der Waals surface area contributed by atoms with Crippen LogP contribution >= 0.6 is 35.8 Å². The number of rotatable bonds is 11. The van der Waals surface area contributed by atoms with Crippen LogP contribution in [-0.4, -0.2) is 51.6 Å². The standard InChI is InChI=1S/C15H21ClN6O3S.ClH/c1-3-24-12-7-10(6-11(16)14(12)25-9-13(17)23)8-18-4-5-26-15-19-20-21-22(15)2;/h6-7,18H,3-5,8-9H2,1-2H3,(H2,17,23);1H. The second-order valence-corrected chi connectivity index (χ2v) is 6.67. The predicted octanol–water partition coefficient (Wildman–Crippen LogP) is 1.43. The van der Waals surface area contributed by atoms with Crippen LogP contribution in [0.25, 0.3) is 0 Å². The van der Waals surface area contributed by atoms with Gasteiger partial charge in [-0.3, -0.25) is 4.79 Å². The highest BCUT2D eigenvalue weighted by atomic mass is 35.5. The number of carbonyl (C=O) groups excluding carboxylic acids is 1. The average Bonchev–Trinajstić information content (AvgIpc) is 2.99. The molecule has 0 atom stereocenters. The maximum absolute atomic E-state index is 10.9. The molecule has 0 aliphatic rings. The Morgan fingerprint density at radius 3 is 2.81 bits per heavy atom. The van der Waals surface area contributed by atoms with Crippen molar-refractivity contribution in [3.63, 3.8) is 0 Å². The third-order valence-electron chi connectivity index (χ3n) is 3.15. The van der Waals surface area contributed by atoms with Gasteiger partial charge in [0.25, 0.3) is 5.91 Å². The van der Waals surface area contributed by atoms with Crippen molar-refractivity contribution in [3.8, 4) is 11.5 Å². The first-order valence-corrected chi connectivity index (χ1v) is 9.29. The molecule has 0 radical (unpaired) electrons. The van der Waals surface area contributed by atoms with Crippen LogP contribution in [0.1, 0.15) is 12.5 Å². The summed E-state index contributed by atoms with van der Waals surface area (Å²) in [6.07, 6.45) is 0. The molecule has 0 fully saturated rings. The second kappa shape index (κ2) is 11.9. The number of carbonyl (C=O) groups is 1. The molecule has 1 amide bonds. The monoisotopic (exact) mass is 436 g/mol. The van der Waals surface area contributed by atoms with Crippen molar-refractivity contribution >= 4 is 41.7 Å². The highest BCUT2D eigenvalue weighted by Gasteiger charge is 2.13. The summed E-state index contributed by atoms with van der Waals surface area (Å²) in [5.74, 6) is 1.05. The molecule has 0 aliphatic heterocycles. The molecule has 1 aromatic heterocycles. The summed E-state index contributed by atoms with van der Waals surface area (Å²) in [5, 5.41) is 15.7. The molecule has 1 heterocycles. The number of aryl methyl sites for hydroxylation is 1. The number of nitrogens with one attached hydrogen (secondary N) is 1. The molecule has 0 saturated heterocycles. The van der Waals surface area contributed by atoms with E-state index in [9.17, 15) is 4.79 Å². The third kappa shape index (κ3) is 7.41. The molecule has 0 spiro atoms. The fourth-order valence-electron chi connectivity index (χ4n) is 2.06. The molecule has 0 bridgehead atoms. The van der Waals surface area contributed by atoms with Crippen molar-refractivity contribution < 1.29 is 14.3 Å². The summed E-state index contributed by atoms with van der Waals surface area (Å²) in [5.41, 5.74) is 6.05. The van der Waals surface area contributed by atoms with E-state index >= 15 is 0 Å². The Hall–Kier alpha value is -1.75. The van der Waals surface area contributed by atoms with Gasteiger partial charge in [-0.25, -0.2) is 4.68 Å². The zero-order valence-corrected chi connectivity index (χ0v) is 17.4. The second-order valence-electron chi connectivity index (χ2n) is 5.20. The van der Waals surface area contributed by atoms with E-state index in [2.05, 4.69) is 20.8 Å². The molecule has 0 aliphatic carbocycles. The van der Waals surface area contributed by atoms with Crippen LogP contribution in [-0.2, 0) is 18.4 Å². The van der Waals surface area contributed by atoms with E-state index in [1.807, 2.05) is 13.0 Å². The predicted molar refractivity (Wildman–Crippen MR) is 106 cm³/mol. The maximum atomic E-state index is 10.9. The van der Waals surface area contributed by atoms with Gasteiger partial charge in [0.15, 0.2) is 18.1 Å². The Bertz CT molecular complexity index is 746. The Balaban J connectivity index is 0.00000364. The first-order valence-electron chi connectivity index (χ1n) is 7.93. The summed E-state index contributed by atoms with van der Waals surface area (Å²) >= 11 is 7.83. The summed E-state index contributed by atoms with van der Waals surface area (Å²) in [6, 6.07) is 3.60. The molecule has 1 aromatic carbocycles. The smallest absolute Gasteiger partial charge is 0.255 e. The lowest BCUT2D eigenvalue weighted by Gasteiger charge is -2.15. The van der Waals surface area contributed by atoms with E-state index in [1.54, 1.807) is 29.6 Å². The topological polar surface area (TPSA) is 117 Å². The van der Waals surface area contributed by atoms with Crippen LogP contribution in [0, 0.1) is 0 Å². The van der Waals surface area contributed by atoms with Gasteiger partial charge in [0.05, 0.1) is 11.6 Å². The van der Waals surface area contributed by atoms with Crippen molar-refractivity contribution in [1.29, 1.82) is 0 Å². The van der Waals surface area contributed by atoms with Gasteiger partial charge in [0.2, 0.25) is 5.16 Å². The lowest BCUT2D eigenvalue weighted by molar-refractivity contribution is -0.119. The summed E-state index contributed by atoms with van der Waals surface area (Å²) in [6.45, 7) is 3.41. The number of benzene rings is 1. The number of halogens is 2. The van der Waals surface area contributed by atoms with E-state index in [0.717, 1.165) is 23.0 Å². The van der Waals surface area contributed by atoms with Gasteiger partial charge >= 0.3 is 0 Å². The number of thioether (sulfide) groups is 1. The number of tetrazole rings is 1. The molecule has 0 saturated carbocycles. The van der Waals surface area contributed by atoms with Gasteiger partial charge < -0.3 is 20.5 Å². The lowest BCUT2D eigenvalue weighted by atomic mass is 10.2. The highest BCUT2D eigenvalue weighted by Crippen LogP contribution is 2.36. The lowest BCUT2D eigenvalue weighted by Crippen LogP contribution is -2.20. The molecule has 12 heteroatoms. The first-order chi connectivity index (χ1) is 12.5. The number of hydrogen-bond donors (Lipinski definition) is 2. The Kier molecular flexibility index (Phi) is 10.2. The van der Waals surface area contributed by atoms with Crippen LogP contribution < -0.4 is 20.5 Å². The van der Waals surface area contributed by atoms with Crippen LogP contribution in [0.2, 0.25) is 5.02 Å². The van der Waals surface area contributed by atoms with Gasteiger partial charge in [0, 0.05) is 25.9 Å². The number of nitrogens with zero attached hydrogens (tertiary/aromatic N) is 4. The maximum Gasteiger partial charge on any atom is 0.255 e. The molecular weight excluding hydrogens is 415 g/mol. The van der Waals surface area contributed by atoms with Gasteiger partial charge in [-0.15, -0.1) is 17.5 Å². The van der Waals surface area contributed by atoms with E-state index < -0.39 is 5.91 Å². The van der Waals surface area contributed by atoms with E-state index in [4.69, 9.17) is 26.8 Å². The van der Waals surface area contributed by atoms with Crippen LogP contribution in [0.5, 0.6) is 11.5 Å². The van der Waals surface area contributed by atoms with Gasteiger partial charge in [0.1, 0.15) is 0 Å². The van der Waals surface area contributed by atoms with Crippen molar-refractivity contribution in [2.24, 2.45) is 12.8 Å². The summed E-state index contributed by atoms with van der Waals surface area (Å²) < 4.78 is 12.5. The minimum Gasteiger partial charge on any atom is -0.490 e. The minimum absolute atomic E-state index is 0. The molecule has 0 unspecified atom stereocenters. The number of amides is 1. The zero-order chi connectivity index (χ0) is 18.9. The largest absolute Gasteiger partial charge is 0.490 e. The molecule has 9 nitrogen and oxygen atoms in total. The van der Waals surface area contributed by atoms with Gasteiger partial charge in [-0.2, -0.15) is 0 Å². The van der Waals surface area contributed by atoms with E-state index in [0.29, 0.717) is 29.7 Å². The van der Waals surface area contributed by atoms with Crippen molar-refractivity contribution in [2.45, 2.75) is 18.6 Å². The normalized spacial score (nSPS) is 10.3. The number of aromatic nitrogens is 4. The molecular formula is C15H22Cl2N6O3S. The molecule has 2 aromatic rings. The SMILES string of the molecule is CCOc1cc(CNCCSc2nnnn2C)cc(Cl)c1OCC(N)=O.Cl. The molecule has 3 N–H and O–H groups in total. The number of hydrogen-bond acceptors (Lipinski definition) is 8. The fourth-order valence-corrected chi connectivity index (χ4v) is 3.09. The summed E-state index contributed by atoms with van der Waals surface area (Å²) in [4.78, 5) is 10.9. The summed E-state index contributed by atoms with van der Waals surface area (Å²) in [7, 11) is 1.80. The van der Waals surface area contributed by atoms with E-state index in [-0.39, 0.29) is 19.0 Å². The quantitative estimate of drug-likeness (QED) is 0.401. The Morgan fingerprint density at radius 1 is 1.41 bits per heavy atom. The van der Waals surface area contributed by atoms with Gasteiger partial charge in [-0.05, 0) is 35.0 Å². The molecule has 150 valence electrons. The number of ether oxygens (including phenoxy) is 2. The van der Waals surface area contributed by atoms with Crippen LogP contribution in [0.3, 0.4) is 0 Å².